The third kappa shape index (κ3) is 3.67. The van der Waals surface area contributed by atoms with Crippen LogP contribution in [0.1, 0.15) is 17.3 Å². The second-order valence-electron chi connectivity index (χ2n) is 3.84. The first-order valence-electron chi connectivity index (χ1n) is 5.40. The summed E-state index contributed by atoms with van der Waals surface area (Å²) in [6.07, 6.45) is -0.303. The third-order valence-corrected chi connectivity index (χ3v) is 7.52. The van der Waals surface area contributed by atoms with Crippen LogP contribution in [-0.4, -0.2) is 19.5 Å². The van der Waals surface area contributed by atoms with Gasteiger partial charge in [-0.15, -0.1) is 22.7 Å². The smallest absolute Gasteiger partial charge is 0.305 e. The van der Waals surface area contributed by atoms with Crippen molar-refractivity contribution in [1.82, 2.24) is 4.72 Å². The van der Waals surface area contributed by atoms with E-state index >= 15 is 0 Å². The lowest BCUT2D eigenvalue weighted by Crippen LogP contribution is -2.29. The van der Waals surface area contributed by atoms with Gasteiger partial charge < -0.3 is 5.11 Å². The molecule has 1 unspecified atom stereocenters. The zero-order chi connectivity index (χ0) is 14.8. The molecular weight excluding hydrogens is 386 g/mol. The molecule has 0 saturated carbocycles. The van der Waals surface area contributed by atoms with Gasteiger partial charge >= 0.3 is 5.97 Å². The summed E-state index contributed by atoms with van der Waals surface area (Å²) in [6, 6.07) is 4.33. The van der Waals surface area contributed by atoms with E-state index in [1.807, 2.05) is 0 Å². The highest BCUT2D eigenvalue weighted by molar-refractivity contribution is 9.10. The van der Waals surface area contributed by atoms with E-state index in [4.69, 9.17) is 5.11 Å². The van der Waals surface area contributed by atoms with Gasteiger partial charge in [-0.1, -0.05) is 6.07 Å². The Morgan fingerprint density at radius 2 is 2.10 bits per heavy atom. The number of nitrogens with one attached hydrogen (secondary N) is 1. The van der Waals surface area contributed by atoms with Crippen molar-refractivity contribution in [2.24, 2.45) is 0 Å². The highest BCUT2D eigenvalue weighted by atomic mass is 79.9. The van der Waals surface area contributed by atoms with E-state index in [-0.39, 0.29) is 10.6 Å². The van der Waals surface area contributed by atoms with Crippen molar-refractivity contribution in [1.29, 1.82) is 0 Å². The van der Waals surface area contributed by atoms with Crippen LogP contribution in [0.2, 0.25) is 0 Å². The monoisotopic (exact) mass is 395 g/mol. The van der Waals surface area contributed by atoms with E-state index in [2.05, 4.69) is 20.7 Å². The number of carboxylic acids is 1. The Bertz CT molecular complexity index is 693. The minimum Gasteiger partial charge on any atom is -0.481 e. The van der Waals surface area contributed by atoms with Crippen LogP contribution in [-0.2, 0) is 14.8 Å². The molecule has 0 aliphatic heterocycles. The van der Waals surface area contributed by atoms with Gasteiger partial charge in [0.2, 0.25) is 0 Å². The number of carbonyl (C=O) groups is 1. The summed E-state index contributed by atoms with van der Waals surface area (Å²) < 4.78 is 27.6. The van der Waals surface area contributed by atoms with Crippen LogP contribution in [0.4, 0.5) is 0 Å². The summed E-state index contributed by atoms with van der Waals surface area (Å²) in [5, 5.41) is 12.4. The third-order valence-electron chi connectivity index (χ3n) is 2.39. The molecule has 0 aliphatic carbocycles. The molecule has 2 aromatic rings. The summed E-state index contributed by atoms with van der Waals surface area (Å²) in [7, 11) is -3.75. The summed E-state index contributed by atoms with van der Waals surface area (Å²) in [4.78, 5) is 11.6. The van der Waals surface area contributed by atoms with E-state index in [9.17, 15) is 13.2 Å². The molecule has 20 heavy (non-hydrogen) atoms. The van der Waals surface area contributed by atoms with Gasteiger partial charge in [0.25, 0.3) is 10.0 Å². The Balaban J connectivity index is 2.28. The molecule has 0 radical (unpaired) electrons. The van der Waals surface area contributed by atoms with E-state index < -0.39 is 22.0 Å². The van der Waals surface area contributed by atoms with Gasteiger partial charge in [-0.25, -0.2) is 13.1 Å². The average Bonchev–Trinajstić information content (AvgIpc) is 2.97. The molecule has 2 N–H and O–H groups in total. The first-order valence-corrected chi connectivity index (χ1v) is 9.44. The van der Waals surface area contributed by atoms with Gasteiger partial charge in [-0.3, -0.25) is 4.79 Å². The maximum absolute atomic E-state index is 12.3. The summed E-state index contributed by atoms with van der Waals surface area (Å²) in [5.74, 6) is -1.06. The fourth-order valence-electron chi connectivity index (χ4n) is 1.58. The minimum atomic E-state index is -3.75. The molecule has 0 bridgehead atoms. The Morgan fingerprint density at radius 1 is 1.35 bits per heavy atom. The zero-order valence-electron chi connectivity index (χ0n) is 9.95. The lowest BCUT2D eigenvalue weighted by molar-refractivity contribution is -0.137. The Labute approximate surface area is 132 Å². The maximum Gasteiger partial charge on any atom is 0.305 e. The van der Waals surface area contributed by atoms with Gasteiger partial charge in [0.15, 0.2) is 0 Å². The Kier molecular flexibility index (Phi) is 4.97. The number of sulfonamides is 1. The second kappa shape index (κ2) is 6.35. The second-order valence-corrected chi connectivity index (χ2v) is 8.50. The number of hydrogen-bond donors (Lipinski definition) is 2. The fraction of sp³-hybridized carbons (Fsp3) is 0.182. The predicted octanol–water partition coefficient (Wildman–Crippen LogP) is 3.07. The van der Waals surface area contributed by atoms with Crippen LogP contribution in [0, 0.1) is 0 Å². The number of aliphatic carboxylic acids is 1. The molecule has 0 aliphatic rings. The SMILES string of the molecule is O=C(O)CC(NS(=O)(=O)c1sccc1Br)c1cccs1. The van der Waals surface area contributed by atoms with Crippen molar-refractivity contribution in [3.8, 4) is 0 Å². The largest absolute Gasteiger partial charge is 0.481 e. The van der Waals surface area contributed by atoms with Crippen molar-refractivity contribution < 1.29 is 18.3 Å². The highest BCUT2D eigenvalue weighted by Crippen LogP contribution is 2.30. The van der Waals surface area contributed by atoms with Crippen molar-refractivity contribution in [3.63, 3.8) is 0 Å². The summed E-state index contributed by atoms with van der Waals surface area (Å²) in [6.45, 7) is 0. The lowest BCUT2D eigenvalue weighted by atomic mass is 10.2. The van der Waals surface area contributed by atoms with E-state index in [0.29, 0.717) is 9.35 Å². The van der Waals surface area contributed by atoms with Gasteiger partial charge in [-0.05, 0) is 38.8 Å². The molecular formula is C11H10BrNO4S3. The predicted molar refractivity (Wildman–Crippen MR) is 81.7 cm³/mol. The van der Waals surface area contributed by atoms with Crippen LogP contribution in [0.25, 0.3) is 0 Å². The Morgan fingerprint density at radius 3 is 2.60 bits per heavy atom. The van der Waals surface area contributed by atoms with E-state index in [0.717, 1.165) is 11.3 Å². The first kappa shape index (κ1) is 15.6. The molecule has 2 rings (SSSR count). The molecule has 0 amide bonds. The standard InChI is InChI=1S/C11H10BrNO4S3/c12-7-3-5-19-11(7)20(16,17)13-8(6-10(14)15)9-2-1-4-18-9/h1-5,8,13H,6H2,(H,14,15). The number of rotatable bonds is 6. The van der Waals surface area contributed by atoms with Crippen LogP contribution < -0.4 is 4.72 Å². The topological polar surface area (TPSA) is 83.5 Å². The molecule has 108 valence electrons. The van der Waals surface area contributed by atoms with Crippen molar-refractivity contribution in [3.05, 3.63) is 38.3 Å². The molecule has 0 spiro atoms. The van der Waals surface area contributed by atoms with Crippen molar-refractivity contribution in [2.45, 2.75) is 16.7 Å². The number of hydrogen-bond acceptors (Lipinski definition) is 5. The highest BCUT2D eigenvalue weighted by Gasteiger charge is 2.26. The number of carboxylic acid groups (broad SMARTS) is 1. The molecule has 9 heteroatoms. The molecule has 0 aromatic carbocycles. The van der Waals surface area contributed by atoms with Crippen molar-refractivity contribution >= 4 is 54.6 Å². The number of halogens is 1. The van der Waals surface area contributed by atoms with Crippen LogP contribution >= 0.6 is 38.6 Å². The zero-order valence-corrected chi connectivity index (χ0v) is 14.0. The average molecular weight is 396 g/mol. The molecule has 2 heterocycles. The van der Waals surface area contributed by atoms with Crippen LogP contribution in [0.5, 0.6) is 0 Å². The van der Waals surface area contributed by atoms with E-state index in [1.54, 1.807) is 29.0 Å². The van der Waals surface area contributed by atoms with Crippen LogP contribution in [0.15, 0.2) is 37.6 Å². The van der Waals surface area contributed by atoms with Gasteiger partial charge in [0, 0.05) is 9.35 Å². The number of thiophene rings is 2. The normalized spacial score (nSPS) is 13.2. The first-order chi connectivity index (χ1) is 9.40. The van der Waals surface area contributed by atoms with Crippen molar-refractivity contribution in [2.75, 3.05) is 0 Å². The van der Waals surface area contributed by atoms with E-state index in [1.165, 1.54) is 11.3 Å². The Hall–Kier alpha value is -0.740. The van der Waals surface area contributed by atoms with Gasteiger partial charge in [0.05, 0.1) is 12.5 Å². The summed E-state index contributed by atoms with van der Waals surface area (Å²) >= 11 is 5.56. The molecule has 0 fully saturated rings. The minimum absolute atomic E-state index is 0.143. The maximum atomic E-state index is 12.3. The van der Waals surface area contributed by atoms with Crippen LogP contribution in [0.3, 0.4) is 0 Å². The molecule has 5 nitrogen and oxygen atoms in total. The fourth-order valence-corrected chi connectivity index (χ4v) is 6.00. The molecule has 2 aromatic heterocycles. The van der Waals surface area contributed by atoms with Gasteiger partial charge in [-0.2, -0.15) is 0 Å². The molecule has 1 atom stereocenters. The molecule has 0 saturated heterocycles. The lowest BCUT2D eigenvalue weighted by Gasteiger charge is -2.15. The quantitative estimate of drug-likeness (QED) is 0.786. The van der Waals surface area contributed by atoms with Gasteiger partial charge in [0.1, 0.15) is 4.21 Å². The summed E-state index contributed by atoms with van der Waals surface area (Å²) in [5.41, 5.74) is 0.